The van der Waals surface area contributed by atoms with Crippen molar-refractivity contribution in [3.05, 3.63) is 42.5 Å². The van der Waals surface area contributed by atoms with Gasteiger partial charge in [0.15, 0.2) is 0 Å². The molecule has 0 radical (unpaired) electrons. The second kappa shape index (κ2) is 8.62. The van der Waals surface area contributed by atoms with E-state index in [1.807, 2.05) is 30.3 Å². The Labute approximate surface area is 141 Å². The summed E-state index contributed by atoms with van der Waals surface area (Å²) >= 11 is 1.60. The Bertz CT molecular complexity index is 569. The molecular weight excluding hydrogens is 312 g/mol. The molecule has 0 aliphatic carbocycles. The molecule has 1 aromatic rings. The van der Waals surface area contributed by atoms with E-state index >= 15 is 0 Å². The molecular formula is C17H22N2O3S. The summed E-state index contributed by atoms with van der Waals surface area (Å²) in [6, 6.07) is 7.61. The van der Waals surface area contributed by atoms with E-state index in [4.69, 9.17) is 4.74 Å². The fourth-order valence-corrected chi connectivity index (χ4v) is 3.18. The summed E-state index contributed by atoms with van der Waals surface area (Å²) in [4.78, 5) is 28.8. The number of ether oxygens (including phenoxy) is 1. The van der Waals surface area contributed by atoms with E-state index in [1.165, 1.54) is 0 Å². The number of thioether (sulfide) groups is 1. The monoisotopic (exact) mass is 334 g/mol. The summed E-state index contributed by atoms with van der Waals surface area (Å²) in [5.41, 5.74) is 0.712. The average molecular weight is 334 g/mol. The lowest BCUT2D eigenvalue weighted by molar-refractivity contribution is 0.0568. The Morgan fingerprint density at radius 1 is 1.22 bits per heavy atom. The minimum atomic E-state index is -0.304. The zero-order valence-electron chi connectivity index (χ0n) is 13.4. The van der Waals surface area contributed by atoms with E-state index in [-0.39, 0.29) is 12.0 Å². The second-order valence-corrected chi connectivity index (χ2v) is 6.14. The van der Waals surface area contributed by atoms with Crippen LogP contribution < -0.4 is 0 Å². The Morgan fingerprint density at radius 3 is 2.52 bits per heavy atom. The third-order valence-electron chi connectivity index (χ3n) is 3.57. The predicted molar refractivity (Wildman–Crippen MR) is 91.9 cm³/mol. The zero-order chi connectivity index (χ0) is 16.7. The number of piperazine rings is 1. The SMILES string of the molecule is C=CCSc1ccccc1C(=O)N1CCN(C(=O)OCC)CC1. The number of hydrogen-bond acceptors (Lipinski definition) is 4. The number of hydrogen-bond donors (Lipinski definition) is 0. The van der Waals surface area contributed by atoms with Gasteiger partial charge in [0, 0.05) is 36.8 Å². The molecule has 0 aromatic heterocycles. The minimum Gasteiger partial charge on any atom is -0.450 e. The van der Waals surface area contributed by atoms with Crippen molar-refractivity contribution in [2.45, 2.75) is 11.8 Å². The highest BCUT2D eigenvalue weighted by Crippen LogP contribution is 2.24. The van der Waals surface area contributed by atoms with E-state index in [0.717, 1.165) is 10.6 Å². The minimum absolute atomic E-state index is 0.0145. The zero-order valence-corrected chi connectivity index (χ0v) is 14.2. The third kappa shape index (κ3) is 4.51. The Kier molecular flexibility index (Phi) is 6.52. The fourth-order valence-electron chi connectivity index (χ4n) is 2.40. The summed E-state index contributed by atoms with van der Waals surface area (Å²) in [6.07, 6.45) is 1.52. The van der Waals surface area contributed by atoms with Crippen LogP contribution in [0.2, 0.25) is 0 Å². The lowest BCUT2D eigenvalue weighted by Gasteiger charge is -2.34. The van der Waals surface area contributed by atoms with Crippen LogP contribution in [0.1, 0.15) is 17.3 Å². The first-order chi connectivity index (χ1) is 11.2. The van der Waals surface area contributed by atoms with E-state index in [9.17, 15) is 9.59 Å². The van der Waals surface area contributed by atoms with E-state index < -0.39 is 0 Å². The standard InChI is InChI=1S/C17H22N2O3S/c1-3-13-23-15-8-6-5-7-14(15)16(20)18-9-11-19(12-10-18)17(21)22-4-2/h3,5-8H,1,4,9-13H2,2H3. The Balaban J connectivity index is 2.00. The van der Waals surface area contributed by atoms with Gasteiger partial charge in [-0.1, -0.05) is 18.2 Å². The number of benzene rings is 1. The molecule has 5 nitrogen and oxygen atoms in total. The average Bonchev–Trinajstić information content (AvgIpc) is 2.60. The molecule has 23 heavy (non-hydrogen) atoms. The largest absolute Gasteiger partial charge is 0.450 e. The molecule has 0 N–H and O–H groups in total. The van der Waals surface area contributed by atoms with Gasteiger partial charge >= 0.3 is 6.09 Å². The van der Waals surface area contributed by atoms with Crippen molar-refractivity contribution in [1.82, 2.24) is 9.80 Å². The first-order valence-electron chi connectivity index (χ1n) is 7.71. The molecule has 2 rings (SSSR count). The quantitative estimate of drug-likeness (QED) is 0.614. The van der Waals surface area contributed by atoms with Gasteiger partial charge in [-0.3, -0.25) is 4.79 Å². The van der Waals surface area contributed by atoms with Crippen LogP contribution in [0.15, 0.2) is 41.8 Å². The van der Waals surface area contributed by atoms with Gasteiger partial charge in [-0.2, -0.15) is 0 Å². The van der Waals surface area contributed by atoms with E-state index in [0.29, 0.717) is 38.3 Å². The molecule has 0 spiro atoms. The van der Waals surface area contributed by atoms with Crippen molar-refractivity contribution in [3.63, 3.8) is 0 Å². The van der Waals surface area contributed by atoms with Crippen LogP contribution in [-0.2, 0) is 4.74 Å². The van der Waals surface area contributed by atoms with Gasteiger partial charge in [0.1, 0.15) is 0 Å². The van der Waals surface area contributed by atoms with Crippen LogP contribution in [0.4, 0.5) is 4.79 Å². The molecule has 124 valence electrons. The normalized spacial score (nSPS) is 14.5. The predicted octanol–water partition coefficient (Wildman–Crippen LogP) is 2.88. The van der Waals surface area contributed by atoms with Crippen molar-refractivity contribution in [2.75, 3.05) is 38.5 Å². The third-order valence-corrected chi connectivity index (χ3v) is 4.64. The molecule has 1 aromatic carbocycles. The number of nitrogens with zero attached hydrogens (tertiary/aromatic N) is 2. The van der Waals surface area contributed by atoms with Crippen LogP contribution in [0.25, 0.3) is 0 Å². The molecule has 1 saturated heterocycles. The molecule has 1 heterocycles. The van der Waals surface area contributed by atoms with Gasteiger partial charge in [0.05, 0.1) is 12.2 Å². The van der Waals surface area contributed by atoms with Crippen LogP contribution in [0, 0.1) is 0 Å². The van der Waals surface area contributed by atoms with Crippen LogP contribution in [-0.4, -0.2) is 60.3 Å². The summed E-state index contributed by atoms with van der Waals surface area (Å²) in [5, 5.41) is 0. The van der Waals surface area contributed by atoms with Crippen molar-refractivity contribution in [3.8, 4) is 0 Å². The molecule has 0 bridgehead atoms. The summed E-state index contributed by atoms with van der Waals surface area (Å²) in [7, 11) is 0. The molecule has 0 saturated carbocycles. The molecule has 0 atom stereocenters. The highest BCUT2D eigenvalue weighted by molar-refractivity contribution is 7.99. The lowest BCUT2D eigenvalue weighted by Crippen LogP contribution is -2.50. The summed E-state index contributed by atoms with van der Waals surface area (Å²) in [5.74, 6) is 0.779. The summed E-state index contributed by atoms with van der Waals surface area (Å²) in [6.45, 7) is 7.93. The summed E-state index contributed by atoms with van der Waals surface area (Å²) < 4.78 is 5.00. The molecule has 1 aliphatic heterocycles. The maximum atomic E-state index is 12.7. The first kappa shape index (κ1) is 17.4. The fraction of sp³-hybridized carbons (Fsp3) is 0.412. The second-order valence-electron chi connectivity index (χ2n) is 5.07. The number of amides is 2. The maximum Gasteiger partial charge on any atom is 0.409 e. The molecule has 1 fully saturated rings. The van der Waals surface area contributed by atoms with Crippen molar-refractivity contribution >= 4 is 23.8 Å². The van der Waals surface area contributed by atoms with E-state index in [1.54, 1.807) is 28.5 Å². The molecule has 1 aliphatic rings. The smallest absolute Gasteiger partial charge is 0.409 e. The highest BCUT2D eigenvalue weighted by atomic mass is 32.2. The molecule has 0 unspecified atom stereocenters. The van der Waals surface area contributed by atoms with Gasteiger partial charge in [-0.05, 0) is 19.1 Å². The lowest BCUT2D eigenvalue weighted by atomic mass is 10.2. The van der Waals surface area contributed by atoms with Gasteiger partial charge < -0.3 is 14.5 Å². The van der Waals surface area contributed by atoms with E-state index in [2.05, 4.69) is 6.58 Å². The maximum absolute atomic E-state index is 12.7. The van der Waals surface area contributed by atoms with Gasteiger partial charge in [-0.15, -0.1) is 18.3 Å². The molecule has 2 amide bonds. The van der Waals surface area contributed by atoms with Crippen LogP contribution in [0.5, 0.6) is 0 Å². The van der Waals surface area contributed by atoms with Crippen LogP contribution in [0.3, 0.4) is 0 Å². The Hall–Kier alpha value is -1.95. The topological polar surface area (TPSA) is 49.9 Å². The Morgan fingerprint density at radius 2 is 1.87 bits per heavy atom. The number of carbonyl (C=O) groups excluding carboxylic acids is 2. The van der Waals surface area contributed by atoms with Crippen LogP contribution >= 0.6 is 11.8 Å². The highest BCUT2D eigenvalue weighted by Gasteiger charge is 2.26. The number of carbonyl (C=O) groups is 2. The first-order valence-corrected chi connectivity index (χ1v) is 8.69. The number of rotatable bonds is 5. The van der Waals surface area contributed by atoms with Gasteiger partial charge in [0.2, 0.25) is 0 Å². The van der Waals surface area contributed by atoms with Gasteiger partial charge in [-0.25, -0.2) is 4.79 Å². The molecule has 6 heteroatoms. The van der Waals surface area contributed by atoms with Crippen molar-refractivity contribution in [1.29, 1.82) is 0 Å². The van der Waals surface area contributed by atoms with Crippen molar-refractivity contribution in [2.24, 2.45) is 0 Å². The van der Waals surface area contributed by atoms with Gasteiger partial charge in [0.25, 0.3) is 5.91 Å². The van der Waals surface area contributed by atoms with Crippen molar-refractivity contribution < 1.29 is 14.3 Å².